The molecule has 2 aliphatic rings. The number of aromatic hydroxyl groups is 1. The number of benzene rings is 1. The average molecular weight is 436 g/mol. The van der Waals surface area contributed by atoms with E-state index in [-0.39, 0.29) is 37.4 Å². The average Bonchev–Trinajstić information content (AvgIpc) is 2.86. The van der Waals surface area contributed by atoms with Crippen molar-refractivity contribution in [1.29, 1.82) is 0 Å². The number of amides is 2. The molecule has 2 aromatic rings. The van der Waals surface area contributed by atoms with Crippen LogP contribution in [0.4, 0.5) is 13.2 Å². The maximum Gasteiger partial charge on any atom is 0.278 e. The minimum Gasteiger partial charge on any atom is -0.502 e. The normalized spacial score (nSPS) is 20.3. The topological polar surface area (TPSA) is 94.9 Å². The summed E-state index contributed by atoms with van der Waals surface area (Å²) in [6.45, 7) is 1.43. The van der Waals surface area contributed by atoms with Crippen molar-refractivity contribution in [2.75, 3.05) is 18.2 Å². The number of hydrogen-bond acceptors (Lipinski definition) is 5. The molecule has 2 atom stereocenters. The van der Waals surface area contributed by atoms with E-state index in [9.17, 15) is 32.7 Å². The number of carbonyl (C=O) groups excluding carboxylic acids is 2. The first kappa shape index (κ1) is 20.8. The summed E-state index contributed by atoms with van der Waals surface area (Å²) in [6.07, 6.45) is -0.0689. The number of hydrogen-bond donors (Lipinski definition) is 2. The quantitative estimate of drug-likeness (QED) is 0.755. The number of pyridine rings is 1. The molecule has 2 aliphatic heterocycles. The maximum atomic E-state index is 14.3. The van der Waals surface area contributed by atoms with Crippen LogP contribution in [0.25, 0.3) is 0 Å². The van der Waals surface area contributed by atoms with E-state index in [2.05, 4.69) is 5.32 Å². The lowest BCUT2D eigenvalue weighted by Gasteiger charge is -2.39. The van der Waals surface area contributed by atoms with Crippen molar-refractivity contribution in [3.8, 4) is 5.75 Å². The molecule has 0 saturated carbocycles. The molecule has 8 nitrogen and oxygen atoms in total. The fourth-order valence-corrected chi connectivity index (χ4v) is 3.75. The molecular weight excluding hydrogens is 417 g/mol. The number of carbonyl (C=O) groups is 2. The Labute approximate surface area is 174 Å². The number of nitrogens with zero attached hydrogens (tertiary/aromatic N) is 3. The fourth-order valence-electron chi connectivity index (χ4n) is 3.75. The highest BCUT2D eigenvalue weighted by Gasteiger charge is 2.40. The predicted molar refractivity (Wildman–Crippen MR) is 103 cm³/mol. The number of aromatic nitrogens is 1. The van der Waals surface area contributed by atoms with Gasteiger partial charge in [0.25, 0.3) is 11.8 Å². The fraction of sp³-hybridized carbons (Fsp3) is 0.350. The lowest BCUT2D eigenvalue weighted by molar-refractivity contribution is 0.0554. The van der Waals surface area contributed by atoms with Gasteiger partial charge >= 0.3 is 0 Å². The van der Waals surface area contributed by atoms with E-state index in [1.165, 1.54) is 9.58 Å². The third-order valence-corrected chi connectivity index (χ3v) is 5.63. The van der Waals surface area contributed by atoms with Crippen LogP contribution in [-0.4, -0.2) is 51.9 Å². The van der Waals surface area contributed by atoms with Gasteiger partial charge in [-0.25, -0.2) is 13.2 Å². The summed E-state index contributed by atoms with van der Waals surface area (Å²) in [5, 5.41) is 14.3. The summed E-state index contributed by atoms with van der Waals surface area (Å²) < 4.78 is 42.3. The Balaban J connectivity index is 1.67. The van der Waals surface area contributed by atoms with Gasteiger partial charge in [-0.15, -0.1) is 0 Å². The highest BCUT2D eigenvalue weighted by Crippen LogP contribution is 2.27. The smallest absolute Gasteiger partial charge is 0.278 e. The Morgan fingerprint density at radius 2 is 2.03 bits per heavy atom. The highest BCUT2D eigenvalue weighted by molar-refractivity contribution is 5.99. The second-order valence-electron chi connectivity index (χ2n) is 7.52. The molecule has 2 amide bonds. The van der Waals surface area contributed by atoms with E-state index < -0.39 is 52.4 Å². The molecule has 1 fully saturated rings. The lowest BCUT2D eigenvalue weighted by Crippen LogP contribution is -2.56. The van der Waals surface area contributed by atoms with Crippen LogP contribution in [-0.2, 0) is 6.54 Å². The second-order valence-corrected chi connectivity index (χ2v) is 7.52. The number of fused-ring (bicyclic) bond motifs is 4. The first-order valence-electron chi connectivity index (χ1n) is 9.60. The first-order valence-corrected chi connectivity index (χ1v) is 9.60. The minimum atomic E-state index is -1.29. The summed E-state index contributed by atoms with van der Waals surface area (Å²) >= 11 is 0. The zero-order valence-electron chi connectivity index (χ0n) is 16.4. The van der Waals surface area contributed by atoms with Crippen LogP contribution < -0.4 is 15.8 Å². The standard InChI is InChI=1S/C20H19F3N4O4/c1-10-14(22)4-5-25-9-26(10)20(31)16-18(29)17(28)13(8-27(16)25)19(30)24-7-11-2-3-12(21)6-15(11)23/h2-3,6,8,10,14,29H,4-5,7,9H2,1H3,(H,24,30)/t10-,14-/m0/s1. The van der Waals surface area contributed by atoms with Gasteiger partial charge in [0.1, 0.15) is 30.0 Å². The molecule has 164 valence electrons. The van der Waals surface area contributed by atoms with E-state index in [4.69, 9.17) is 0 Å². The lowest BCUT2D eigenvalue weighted by atomic mass is 10.1. The Kier molecular flexibility index (Phi) is 5.11. The van der Waals surface area contributed by atoms with Gasteiger partial charge in [-0.05, 0) is 19.4 Å². The van der Waals surface area contributed by atoms with Gasteiger partial charge in [0, 0.05) is 30.9 Å². The van der Waals surface area contributed by atoms with Gasteiger partial charge in [-0.3, -0.25) is 24.1 Å². The van der Waals surface area contributed by atoms with Crippen LogP contribution in [0.15, 0.2) is 29.2 Å². The van der Waals surface area contributed by atoms with Crippen LogP contribution in [0.5, 0.6) is 5.75 Å². The van der Waals surface area contributed by atoms with Crippen molar-refractivity contribution >= 4 is 11.8 Å². The molecule has 0 unspecified atom stereocenters. The SMILES string of the molecule is C[C@H]1[C@@H](F)CCN2CN1C(=O)c1c(O)c(=O)c(C(=O)NCc3ccc(F)cc3F)cn12. The van der Waals surface area contributed by atoms with Crippen molar-refractivity contribution < 1.29 is 27.9 Å². The van der Waals surface area contributed by atoms with E-state index in [0.717, 1.165) is 18.3 Å². The van der Waals surface area contributed by atoms with Gasteiger partial charge in [0.2, 0.25) is 5.43 Å². The van der Waals surface area contributed by atoms with Crippen molar-refractivity contribution in [1.82, 2.24) is 14.9 Å². The molecule has 1 aromatic heterocycles. The van der Waals surface area contributed by atoms with E-state index in [0.29, 0.717) is 6.07 Å². The summed E-state index contributed by atoms with van der Waals surface area (Å²) in [6, 6.07) is 2.10. The van der Waals surface area contributed by atoms with Gasteiger partial charge in [0.15, 0.2) is 11.4 Å². The molecule has 1 saturated heterocycles. The Hall–Kier alpha value is -3.50. The maximum absolute atomic E-state index is 14.3. The molecule has 2 bridgehead atoms. The predicted octanol–water partition coefficient (Wildman–Crippen LogP) is 1.24. The zero-order chi connectivity index (χ0) is 22.4. The molecule has 0 radical (unpaired) electrons. The molecule has 3 heterocycles. The van der Waals surface area contributed by atoms with Crippen LogP contribution >= 0.6 is 0 Å². The molecule has 1 aromatic carbocycles. The van der Waals surface area contributed by atoms with Crippen molar-refractivity contribution in [3.05, 3.63) is 63.1 Å². The molecule has 0 spiro atoms. The van der Waals surface area contributed by atoms with E-state index in [1.54, 1.807) is 11.9 Å². The molecular formula is C20H19F3N4O4. The van der Waals surface area contributed by atoms with Crippen molar-refractivity contribution in [3.63, 3.8) is 0 Å². The minimum absolute atomic E-state index is 0.00153. The third kappa shape index (κ3) is 3.49. The van der Waals surface area contributed by atoms with Gasteiger partial charge < -0.3 is 15.3 Å². The van der Waals surface area contributed by atoms with Crippen LogP contribution in [0, 0.1) is 11.6 Å². The van der Waals surface area contributed by atoms with Crippen molar-refractivity contribution in [2.24, 2.45) is 0 Å². The van der Waals surface area contributed by atoms with Crippen LogP contribution in [0.3, 0.4) is 0 Å². The number of rotatable bonds is 3. The molecule has 11 heteroatoms. The summed E-state index contributed by atoms with van der Waals surface area (Å²) in [5.74, 6) is -4.20. The zero-order valence-corrected chi connectivity index (χ0v) is 16.4. The third-order valence-electron chi connectivity index (χ3n) is 5.63. The Bertz CT molecular complexity index is 1140. The molecule has 2 N–H and O–H groups in total. The van der Waals surface area contributed by atoms with Gasteiger partial charge in [-0.2, -0.15) is 0 Å². The molecule has 4 rings (SSSR count). The summed E-state index contributed by atoms with van der Waals surface area (Å²) in [5.41, 5.74) is -1.90. The molecule has 0 aliphatic carbocycles. The van der Waals surface area contributed by atoms with Gasteiger partial charge in [0.05, 0.1) is 6.04 Å². The second kappa shape index (κ2) is 7.64. The summed E-state index contributed by atoms with van der Waals surface area (Å²) in [7, 11) is 0. The van der Waals surface area contributed by atoms with Crippen molar-refractivity contribution in [2.45, 2.75) is 32.1 Å². The Morgan fingerprint density at radius 3 is 2.74 bits per heavy atom. The van der Waals surface area contributed by atoms with Crippen LogP contribution in [0.1, 0.15) is 39.8 Å². The number of nitrogens with one attached hydrogen (secondary N) is 1. The van der Waals surface area contributed by atoms with E-state index in [1.807, 2.05) is 0 Å². The van der Waals surface area contributed by atoms with E-state index >= 15 is 0 Å². The Morgan fingerprint density at radius 1 is 1.29 bits per heavy atom. The summed E-state index contributed by atoms with van der Waals surface area (Å²) in [4.78, 5) is 39.2. The van der Waals surface area contributed by atoms with Crippen LogP contribution in [0.2, 0.25) is 0 Å². The first-order chi connectivity index (χ1) is 14.7. The monoisotopic (exact) mass is 436 g/mol. The number of alkyl halides is 1. The molecule has 31 heavy (non-hydrogen) atoms. The largest absolute Gasteiger partial charge is 0.502 e. The van der Waals surface area contributed by atoms with Gasteiger partial charge in [-0.1, -0.05) is 6.07 Å². The highest BCUT2D eigenvalue weighted by atomic mass is 19.1. The number of halogens is 3.